The zero-order chi connectivity index (χ0) is 22.5. The Morgan fingerprint density at radius 1 is 1.07 bits per heavy atom. The van der Waals surface area contributed by atoms with Gasteiger partial charge in [0.1, 0.15) is 6.04 Å². The molecule has 0 spiro atoms. The van der Waals surface area contributed by atoms with E-state index < -0.39 is 28.5 Å². The second-order valence-electron chi connectivity index (χ2n) is 6.62. The highest BCUT2D eigenvalue weighted by Crippen LogP contribution is 2.20. The molecule has 0 heterocycles. The first-order valence-corrected chi connectivity index (χ1v) is 11.2. The number of hydrogen-bond donors (Lipinski definition) is 1. The highest BCUT2D eigenvalue weighted by molar-refractivity contribution is 7.89. The molecule has 0 aliphatic rings. The Kier molecular flexibility index (Phi) is 8.25. The zero-order valence-corrected chi connectivity index (χ0v) is 19.1. The van der Waals surface area contributed by atoms with Crippen molar-refractivity contribution < 1.29 is 18.0 Å². The molecular formula is C20H23Cl2N3O4S. The van der Waals surface area contributed by atoms with Gasteiger partial charge in [-0.15, -0.1) is 0 Å². The monoisotopic (exact) mass is 471 g/mol. The van der Waals surface area contributed by atoms with Crippen LogP contribution in [0.1, 0.15) is 12.5 Å². The Morgan fingerprint density at radius 2 is 1.67 bits per heavy atom. The summed E-state index contributed by atoms with van der Waals surface area (Å²) in [6.07, 6.45) is 0. The minimum Gasteiger partial charge on any atom is -0.357 e. The maximum absolute atomic E-state index is 13.0. The predicted octanol–water partition coefficient (Wildman–Crippen LogP) is 2.78. The van der Waals surface area contributed by atoms with Gasteiger partial charge in [0, 0.05) is 30.7 Å². The molecule has 2 amide bonds. The third kappa shape index (κ3) is 5.72. The van der Waals surface area contributed by atoms with Crippen molar-refractivity contribution in [2.24, 2.45) is 0 Å². The second-order valence-corrected chi connectivity index (χ2v) is 9.51. The van der Waals surface area contributed by atoms with Crippen LogP contribution in [0.15, 0.2) is 53.4 Å². The van der Waals surface area contributed by atoms with Crippen LogP contribution in [-0.4, -0.2) is 56.1 Å². The molecular weight excluding hydrogens is 449 g/mol. The number of carbonyl (C=O) groups excluding carboxylic acids is 2. The lowest BCUT2D eigenvalue weighted by Crippen LogP contribution is -2.50. The average molecular weight is 472 g/mol. The van der Waals surface area contributed by atoms with E-state index in [0.717, 1.165) is 4.31 Å². The topological polar surface area (TPSA) is 86.8 Å². The number of sulfonamides is 1. The Balaban J connectivity index is 2.27. The summed E-state index contributed by atoms with van der Waals surface area (Å²) >= 11 is 12.0. The van der Waals surface area contributed by atoms with Gasteiger partial charge in [-0.2, -0.15) is 4.31 Å². The molecule has 0 unspecified atom stereocenters. The van der Waals surface area contributed by atoms with E-state index in [1.165, 1.54) is 43.3 Å². The van der Waals surface area contributed by atoms with E-state index in [2.05, 4.69) is 5.32 Å². The summed E-state index contributed by atoms with van der Waals surface area (Å²) in [5.41, 5.74) is 0.645. The number of hydrogen-bond acceptors (Lipinski definition) is 4. The Hall–Kier alpha value is -2.13. The van der Waals surface area contributed by atoms with Crippen molar-refractivity contribution in [1.29, 1.82) is 0 Å². The van der Waals surface area contributed by atoms with Gasteiger partial charge < -0.3 is 10.2 Å². The average Bonchev–Trinajstić information content (AvgIpc) is 2.72. The van der Waals surface area contributed by atoms with Crippen molar-refractivity contribution in [2.45, 2.75) is 24.4 Å². The summed E-state index contributed by atoms with van der Waals surface area (Å²) in [7, 11) is -1.14. The van der Waals surface area contributed by atoms with Gasteiger partial charge in [-0.3, -0.25) is 9.59 Å². The molecule has 2 rings (SSSR count). The molecule has 162 valence electrons. The van der Waals surface area contributed by atoms with Crippen molar-refractivity contribution in [3.8, 4) is 0 Å². The molecule has 0 aliphatic carbocycles. The van der Waals surface area contributed by atoms with Gasteiger partial charge in [0.25, 0.3) is 0 Å². The maximum Gasteiger partial charge on any atom is 0.243 e. The van der Waals surface area contributed by atoms with E-state index in [1.54, 1.807) is 31.2 Å². The van der Waals surface area contributed by atoms with Crippen molar-refractivity contribution in [3.05, 3.63) is 64.1 Å². The van der Waals surface area contributed by atoms with Crippen molar-refractivity contribution in [2.75, 3.05) is 20.6 Å². The normalized spacial score (nSPS) is 12.5. The minimum atomic E-state index is -3.92. The van der Waals surface area contributed by atoms with Crippen LogP contribution in [-0.2, 0) is 26.2 Å². The van der Waals surface area contributed by atoms with Crippen LogP contribution in [0.5, 0.6) is 0 Å². The van der Waals surface area contributed by atoms with Crippen LogP contribution in [0, 0.1) is 0 Å². The third-order valence-electron chi connectivity index (χ3n) is 4.59. The Bertz CT molecular complexity index is 1010. The van der Waals surface area contributed by atoms with E-state index in [-0.39, 0.29) is 17.3 Å². The molecule has 30 heavy (non-hydrogen) atoms. The molecule has 1 N–H and O–H groups in total. The van der Waals surface area contributed by atoms with Crippen molar-refractivity contribution in [3.63, 3.8) is 0 Å². The van der Waals surface area contributed by atoms with E-state index in [0.29, 0.717) is 15.6 Å². The third-order valence-corrected chi connectivity index (χ3v) is 7.03. The summed E-state index contributed by atoms with van der Waals surface area (Å²) in [5, 5.41) is 3.35. The van der Waals surface area contributed by atoms with E-state index in [1.807, 2.05) is 0 Å². The number of rotatable bonds is 8. The first-order chi connectivity index (χ1) is 14.1. The number of halogens is 2. The Labute approximate surface area is 186 Å². The SMILES string of the molecule is CNC(=O)[C@@H](C)N(Cc1ccccc1Cl)C(=O)CN(C)S(=O)(=O)c1ccc(Cl)cc1. The molecule has 0 aliphatic heterocycles. The number of benzene rings is 2. The standard InChI is InChI=1S/C20H23Cl2N3O4S/c1-14(20(27)23-2)25(12-15-6-4-5-7-18(15)22)19(26)13-24(3)30(28,29)17-10-8-16(21)9-11-17/h4-11,14H,12-13H2,1-3H3,(H,23,27)/t14-/m1/s1. The van der Waals surface area contributed by atoms with Gasteiger partial charge in [-0.1, -0.05) is 41.4 Å². The van der Waals surface area contributed by atoms with E-state index in [9.17, 15) is 18.0 Å². The maximum atomic E-state index is 13.0. The molecule has 10 heteroatoms. The van der Waals surface area contributed by atoms with Gasteiger partial charge in [-0.25, -0.2) is 8.42 Å². The first-order valence-electron chi connectivity index (χ1n) is 9.04. The second kappa shape index (κ2) is 10.3. The van der Waals surface area contributed by atoms with Crippen molar-refractivity contribution >= 4 is 45.0 Å². The molecule has 7 nitrogen and oxygen atoms in total. The summed E-state index contributed by atoms with van der Waals surface area (Å²) in [4.78, 5) is 26.5. The molecule has 0 aromatic heterocycles. The number of likely N-dealkylation sites (N-methyl/N-ethyl adjacent to an activating group) is 2. The number of nitrogens with one attached hydrogen (secondary N) is 1. The fourth-order valence-electron chi connectivity index (χ4n) is 2.75. The molecule has 2 aromatic rings. The summed E-state index contributed by atoms with van der Waals surface area (Å²) < 4.78 is 26.5. The number of nitrogens with zero attached hydrogens (tertiary/aromatic N) is 2. The molecule has 0 bridgehead atoms. The van der Waals surface area contributed by atoms with Crippen LogP contribution in [0.25, 0.3) is 0 Å². The highest BCUT2D eigenvalue weighted by atomic mass is 35.5. The lowest BCUT2D eigenvalue weighted by atomic mass is 10.1. The van der Waals surface area contributed by atoms with Gasteiger partial charge in [0.05, 0.1) is 11.4 Å². The van der Waals surface area contributed by atoms with Crippen LogP contribution >= 0.6 is 23.2 Å². The smallest absolute Gasteiger partial charge is 0.243 e. The molecule has 2 aromatic carbocycles. The van der Waals surface area contributed by atoms with Crippen LogP contribution in [0.4, 0.5) is 0 Å². The number of carbonyl (C=O) groups is 2. The quantitative estimate of drug-likeness (QED) is 0.640. The fraction of sp³-hybridized carbons (Fsp3) is 0.300. The highest BCUT2D eigenvalue weighted by Gasteiger charge is 2.30. The van der Waals surface area contributed by atoms with Gasteiger partial charge in [-0.05, 0) is 42.8 Å². The largest absolute Gasteiger partial charge is 0.357 e. The summed E-state index contributed by atoms with van der Waals surface area (Å²) in [6, 6.07) is 11.8. The van der Waals surface area contributed by atoms with Crippen LogP contribution < -0.4 is 5.32 Å². The fourth-order valence-corrected chi connectivity index (χ4v) is 4.20. The van der Waals surface area contributed by atoms with Crippen molar-refractivity contribution in [1.82, 2.24) is 14.5 Å². The molecule has 0 radical (unpaired) electrons. The summed E-state index contributed by atoms with van der Waals surface area (Å²) in [5.74, 6) is -0.912. The first kappa shape index (κ1) is 24.1. The molecule has 0 fully saturated rings. The molecule has 0 saturated carbocycles. The van der Waals surface area contributed by atoms with Gasteiger partial charge in [0.15, 0.2) is 0 Å². The van der Waals surface area contributed by atoms with E-state index in [4.69, 9.17) is 23.2 Å². The van der Waals surface area contributed by atoms with Gasteiger partial charge in [0.2, 0.25) is 21.8 Å². The molecule has 0 saturated heterocycles. The number of amides is 2. The van der Waals surface area contributed by atoms with E-state index >= 15 is 0 Å². The van der Waals surface area contributed by atoms with Crippen LogP contribution in [0.3, 0.4) is 0 Å². The minimum absolute atomic E-state index is 0.0132. The Morgan fingerprint density at radius 3 is 2.23 bits per heavy atom. The van der Waals surface area contributed by atoms with Gasteiger partial charge >= 0.3 is 0 Å². The lowest BCUT2D eigenvalue weighted by Gasteiger charge is -2.30. The predicted molar refractivity (Wildman–Crippen MR) is 117 cm³/mol. The van der Waals surface area contributed by atoms with Crippen LogP contribution in [0.2, 0.25) is 10.0 Å². The lowest BCUT2D eigenvalue weighted by molar-refractivity contribution is -0.140. The molecule has 1 atom stereocenters. The summed E-state index contributed by atoms with van der Waals surface area (Å²) in [6.45, 7) is 1.18. The zero-order valence-electron chi connectivity index (χ0n) is 16.8.